The first kappa shape index (κ1) is 38.7. The minimum atomic E-state index is -1.43. The van der Waals surface area contributed by atoms with E-state index in [2.05, 4.69) is 0 Å². The van der Waals surface area contributed by atoms with Crippen molar-refractivity contribution in [2.75, 3.05) is 19.8 Å². The van der Waals surface area contributed by atoms with Gasteiger partial charge in [0.2, 0.25) is 12.4 Å². The molecule has 0 spiro atoms. The number of benzene rings is 3. The second-order valence-electron chi connectivity index (χ2n) is 11.9. The molecule has 5 atom stereocenters. The Kier molecular flexibility index (Phi) is 14.2. The fourth-order valence-electron chi connectivity index (χ4n) is 5.48. The van der Waals surface area contributed by atoms with Crippen LogP contribution in [0.5, 0.6) is 17.2 Å². The number of carbonyl (C=O) groups is 4. The molecule has 0 radical (unpaired) electrons. The van der Waals surface area contributed by atoms with E-state index in [1.54, 1.807) is 6.07 Å². The van der Waals surface area contributed by atoms with Crippen molar-refractivity contribution >= 4 is 23.9 Å². The molecule has 0 amide bonds. The lowest BCUT2D eigenvalue weighted by Crippen LogP contribution is -2.63. The summed E-state index contributed by atoms with van der Waals surface area (Å²) in [4.78, 5) is 48.7. The zero-order valence-electron chi connectivity index (χ0n) is 29.3. The van der Waals surface area contributed by atoms with Crippen LogP contribution in [-0.2, 0) is 55.9 Å². The van der Waals surface area contributed by atoms with Gasteiger partial charge in [-0.15, -0.1) is 0 Å². The standard InChI is InChI=1S/C38H44O13/c1-23-18-31(46-21-29-10-7-6-8-11-29)20-33(32(23)19-28-12-14-30(15-13-28)44-17-9-16-39)50-38-37(49-27(5)43)36(48-26(4)42)35(47-25(3)41)34(51-38)22-45-24(2)40/h6-8,10-15,18,20,34-39H,9,16-17,19,21-22H2,1-5H3/t34-,35-,36+,37-,38-/m1/s1. The third-order valence-corrected chi connectivity index (χ3v) is 7.72. The van der Waals surface area contributed by atoms with E-state index in [0.717, 1.165) is 36.1 Å². The molecule has 1 fully saturated rings. The summed E-state index contributed by atoms with van der Waals surface area (Å²) in [5.41, 5.74) is 3.41. The van der Waals surface area contributed by atoms with Crippen molar-refractivity contribution in [1.82, 2.24) is 0 Å². The van der Waals surface area contributed by atoms with Crippen LogP contribution in [0, 0.1) is 6.92 Å². The van der Waals surface area contributed by atoms with Crippen LogP contribution in [-0.4, -0.2) is 79.5 Å². The summed E-state index contributed by atoms with van der Waals surface area (Å²) in [5, 5.41) is 9.06. The van der Waals surface area contributed by atoms with Gasteiger partial charge >= 0.3 is 23.9 Å². The molecule has 3 aromatic carbocycles. The molecule has 0 aromatic heterocycles. The van der Waals surface area contributed by atoms with E-state index in [1.807, 2.05) is 67.6 Å². The molecule has 1 saturated heterocycles. The molecule has 0 saturated carbocycles. The lowest BCUT2D eigenvalue weighted by Gasteiger charge is -2.44. The molecule has 0 unspecified atom stereocenters. The van der Waals surface area contributed by atoms with Crippen LogP contribution < -0.4 is 14.2 Å². The van der Waals surface area contributed by atoms with Crippen molar-refractivity contribution in [2.24, 2.45) is 0 Å². The van der Waals surface area contributed by atoms with Crippen molar-refractivity contribution < 1.29 is 62.2 Å². The zero-order valence-corrected chi connectivity index (χ0v) is 29.3. The summed E-state index contributed by atoms with van der Waals surface area (Å²) in [6.45, 7) is 6.87. The van der Waals surface area contributed by atoms with Gasteiger partial charge in [0.1, 0.15) is 36.6 Å². The predicted molar refractivity (Wildman–Crippen MR) is 181 cm³/mol. The van der Waals surface area contributed by atoms with E-state index >= 15 is 0 Å². The first-order chi connectivity index (χ1) is 24.4. The fourth-order valence-corrected chi connectivity index (χ4v) is 5.48. The Bertz CT molecular complexity index is 1620. The normalized spacial score (nSPS) is 19.7. The molecule has 51 heavy (non-hydrogen) atoms. The van der Waals surface area contributed by atoms with Crippen LogP contribution in [0.2, 0.25) is 0 Å². The van der Waals surface area contributed by atoms with Crippen LogP contribution in [0.4, 0.5) is 0 Å². The molecule has 13 heteroatoms. The minimum Gasteiger partial charge on any atom is -0.494 e. The number of ether oxygens (including phenoxy) is 8. The smallest absolute Gasteiger partial charge is 0.303 e. The van der Waals surface area contributed by atoms with E-state index in [4.69, 9.17) is 43.0 Å². The van der Waals surface area contributed by atoms with Crippen molar-refractivity contribution in [3.8, 4) is 17.2 Å². The van der Waals surface area contributed by atoms with Gasteiger partial charge in [-0.25, -0.2) is 0 Å². The van der Waals surface area contributed by atoms with Gasteiger partial charge < -0.3 is 43.0 Å². The molecular weight excluding hydrogens is 664 g/mol. The Morgan fingerprint density at radius 3 is 2.00 bits per heavy atom. The number of aliphatic hydroxyl groups is 1. The van der Waals surface area contributed by atoms with Crippen molar-refractivity contribution in [3.63, 3.8) is 0 Å². The van der Waals surface area contributed by atoms with Crippen molar-refractivity contribution in [3.05, 3.63) is 89.0 Å². The number of esters is 4. The summed E-state index contributed by atoms with van der Waals surface area (Å²) in [5.74, 6) is -1.42. The van der Waals surface area contributed by atoms with Crippen LogP contribution in [0.3, 0.4) is 0 Å². The lowest BCUT2D eigenvalue weighted by molar-refractivity contribution is -0.288. The van der Waals surface area contributed by atoms with Gasteiger partial charge in [0.15, 0.2) is 12.2 Å². The number of carbonyl (C=O) groups excluding carboxylic acids is 4. The maximum atomic E-state index is 12.4. The van der Waals surface area contributed by atoms with Gasteiger partial charge in [-0.2, -0.15) is 0 Å². The predicted octanol–water partition coefficient (Wildman–Crippen LogP) is 4.39. The zero-order chi connectivity index (χ0) is 36.9. The van der Waals surface area contributed by atoms with Gasteiger partial charge in [-0.1, -0.05) is 42.5 Å². The molecule has 1 aliphatic heterocycles. The number of aliphatic hydroxyl groups excluding tert-OH is 1. The monoisotopic (exact) mass is 708 g/mol. The Morgan fingerprint density at radius 2 is 1.37 bits per heavy atom. The summed E-state index contributed by atoms with van der Waals surface area (Å²) >= 11 is 0. The number of rotatable bonds is 16. The molecule has 1 N–H and O–H groups in total. The van der Waals surface area contributed by atoms with Crippen LogP contribution >= 0.6 is 0 Å². The third kappa shape index (κ3) is 11.7. The van der Waals surface area contributed by atoms with E-state index in [0.29, 0.717) is 36.7 Å². The summed E-state index contributed by atoms with van der Waals surface area (Å²) < 4.78 is 46.5. The summed E-state index contributed by atoms with van der Waals surface area (Å²) in [6, 6.07) is 20.7. The molecular formula is C38H44O13. The van der Waals surface area contributed by atoms with Gasteiger partial charge in [0.25, 0.3) is 0 Å². The highest BCUT2D eigenvalue weighted by molar-refractivity contribution is 5.68. The Labute approximate surface area is 296 Å². The lowest BCUT2D eigenvalue weighted by atomic mass is 9.97. The van der Waals surface area contributed by atoms with E-state index in [-0.39, 0.29) is 13.2 Å². The highest BCUT2D eigenvalue weighted by Gasteiger charge is 2.53. The molecule has 1 aliphatic rings. The molecule has 4 rings (SSSR count). The number of aryl methyl sites for hydroxylation is 1. The average Bonchev–Trinajstić information content (AvgIpc) is 3.07. The molecule has 0 bridgehead atoms. The van der Waals surface area contributed by atoms with Gasteiger partial charge in [0.05, 0.1) is 6.61 Å². The van der Waals surface area contributed by atoms with Gasteiger partial charge in [-0.3, -0.25) is 19.2 Å². The largest absolute Gasteiger partial charge is 0.494 e. The highest BCUT2D eigenvalue weighted by Crippen LogP contribution is 2.36. The molecule has 1 heterocycles. The summed E-state index contributed by atoms with van der Waals surface area (Å²) in [7, 11) is 0. The van der Waals surface area contributed by atoms with Crippen molar-refractivity contribution in [1.29, 1.82) is 0 Å². The van der Waals surface area contributed by atoms with E-state index in [1.165, 1.54) is 13.8 Å². The maximum Gasteiger partial charge on any atom is 0.303 e. The fraction of sp³-hybridized carbons (Fsp3) is 0.421. The van der Waals surface area contributed by atoms with Crippen LogP contribution in [0.15, 0.2) is 66.7 Å². The topological polar surface area (TPSA) is 162 Å². The minimum absolute atomic E-state index is 0.0325. The second-order valence-corrected chi connectivity index (χ2v) is 11.9. The molecule has 274 valence electrons. The van der Waals surface area contributed by atoms with Crippen LogP contribution in [0.1, 0.15) is 56.4 Å². The van der Waals surface area contributed by atoms with Gasteiger partial charge in [-0.05, 0) is 41.8 Å². The Hall–Kier alpha value is -5.14. The SMILES string of the molecule is CC(=O)OC[C@H]1O[C@@H](Oc2cc(OCc3ccccc3)cc(C)c2Cc2ccc(OCCCO)cc2)[C@H](OC(C)=O)[C@@H](OC(C)=O)[C@@H]1OC(C)=O. The van der Waals surface area contributed by atoms with Gasteiger partial charge in [0, 0.05) is 58.8 Å². The summed E-state index contributed by atoms with van der Waals surface area (Å²) in [6.07, 6.45) is -5.84. The first-order valence-corrected chi connectivity index (χ1v) is 16.5. The van der Waals surface area contributed by atoms with E-state index < -0.39 is 61.2 Å². The number of hydrogen-bond donors (Lipinski definition) is 1. The Morgan fingerprint density at radius 1 is 0.725 bits per heavy atom. The average molecular weight is 709 g/mol. The van der Waals surface area contributed by atoms with E-state index in [9.17, 15) is 19.2 Å². The maximum absolute atomic E-state index is 12.4. The molecule has 3 aromatic rings. The van der Waals surface area contributed by atoms with Crippen LogP contribution in [0.25, 0.3) is 0 Å². The second kappa shape index (κ2) is 18.7. The molecule has 13 nitrogen and oxygen atoms in total. The first-order valence-electron chi connectivity index (χ1n) is 16.5. The Balaban J connectivity index is 1.75. The number of hydrogen-bond acceptors (Lipinski definition) is 13. The van der Waals surface area contributed by atoms with Crippen molar-refractivity contribution in [2.45, 2.75) is 84.8 Å². The quantitative estimate of drug-likeness (QED) is 0.127. The third-order valence-electron chi connectivity index (χ3n) is 7.72. The highest BCUT2D eigenvalue weighted by atomic mass is 16.7. The molecule has 0 aliphatic carbocycles.